The molecule has 0 atom stereocenters. The van der Waals surface area contributed by atoms with Gasteiger partial charge in [0.05, 0.1) is 16.7 Å². The highest BCUT2D eigenvalue weighted by molar-refractivity contribution is 5.79. The lowest BCUT2D eigenvalue weighted by molar-refractivity contribution is 0.565. The minimum Gasteiger partial charge on any atom is -0.331 e. The van der Waals surface area contributed by atoms with E-state index in [1.54, 1.807) is 12.1 Å². The molecule has 0 aliphatic heterocycles. The number of fused-ring (bicyclic) bond motifs is 1. The van der Waals surface area contributed by atoms with Crippen molar-refractivity contribution in [2.45, 2.75) is 13.3 Å². The topological polar surface area (TPSA) is 47.2 Å². The third-order valence-electron chi connectivity index (χ3n) is 2.45. The number of imidazole rings is 1. The SMILES string of the molecule is CCc1nc2cc(N=C=O)ccc2n1C. The van der Waals surface area contributed by atoms with Gasteiger partial charge in [-0.3, -0.25) is 0 Å². The van der Waals surface area contributed by atoms with Gasteiger partial charge in [-0.1, -0.05) is 6.92 Å². The molecule has 0 spiro atoms. The summed E-state index contributed by atoms with van der Waals surface area (Å²) in [6.45, 7) is 2.06. The summed E-state index contributed by atoms with van der Waals surface area (Å²) in [6, 6.07) is 5.49. The number of hydrogen-bond donors (Lipinski definition) is 0. The molecule has 0 N–H and O–H groups in total. The van der Waals surface area contributed by atoms with Gasteiger partial charge in [0.2, 0.25) is 6.08 Å². The van der Waals surface area contributed by atoms with Crippen molar-refractivity contribution in [2.75, 3.05) is 0 Å². The molecule has 0 unspecified atom stereocenters. The van der Waals surface area contributed by atoms with Crippen LogP contribution in [0.5, 0.6) is 0 Å². The van der Waals surface area contributed by atoms with Crippen molar-refractivity contribution in [3.63, 3.8) is 0 Å². The van der Waals surface area contributed by atoms with Crippen molar-refractivity contribution in [2.24, 2.45) is 12.0 Å². The van der Waals surface area contributed by atoms with Crippen LogP contribution < -0.4 is 0 Å². The number of rotatable bonds is 2. The van der Waals surface area contributed by atoms with Crippen molar-refractivity contribution in [3.05, 3.63) is 24.0 Å². The number of nitrogens with zero attached hydrogens (tertiary/aromatic N) is 3. The first kappa shape index (κ1) is 9.62. The van der Waals surface area contributed by atoms with E-state index in [9.17, 15) is 4.79 Å². The van der Waals surface area contributed by atoms with Gasteiger partial charge in [-0.25, -0.2) is 9.78 Å². The van der Waals surface area contributed by atoms with Crippen molar-refractivity contribution in [1.29, 1.82) is 0 Å². The van der Waals surface area contributed by atoms with Crippen LogP contribution in [0.1, 0.15) is 12.7 Å². The second-order valence-electron chi connectivity index (χ2n) is 3.32. The molecule has 2 aromatic rings. The number of benzene rings is 1. The van der Waals surface area contributed by atoms with Crippen LogP contribution in [0.4, 0.5) is 5.69 Å². The average Bonchev–Trinajstić information content (AvgIpc) is 2.56. The molecule has 15 heavy (non-hydrogen) atoms. The van der Waals surface area contributed by atoms with Crippen molar-refractivity contribution < 1.29 is 4.79 Å². The Bertz CT molecular complexity index is 550. The summed E-state index contributed by atoms with van der Waals surface area (Å²) < 4.78 is 2.05. The fraction of sp³-hybridized carbons (Fsp3) is 0.273. The maximum atomic E-state index is 10.1. The predicted octanol–water partition coefficient (Wildman–Crippen LogP) is 2.10. The van der Waals surface area contributed by atoms with Crippen LogP contribution in [-0.4, -0.2) is 15.6 Å². The molecule has 0 saturated carbocycles. The monoisotopic (exact) mass is 201 g/mol. The molecule has 1 heterocycles. The lowest BCUT2D eigenvalue weighted by atomic mass is 10.3. The average molecular weight is 201 g/mol. The lowest BCUT2D eigenvalue weighted by Gasteiger charge is -1.97. The van der Waals surface area contributed by atoms with E-state index in [0.717, 1.165) is 23.3 Å². The van der Waals surface area contributed by atoms with Gasteiger partial charge in [0.1, 0.15) is 5.82 Å². The molecule has 0 bridgehead atoms. The van der Waals surface area contributed by atoms with E-state index in [4.69, 9.17) is 0 Å². The molecule has 1 aromatic heterocycles. The minimum absolute atomic E-state index is 0.596. The predicted molar refractivity (Wildman–Crippen MR) is 57.9 cm³/mol. The van der Waals surface area contributed by atoms with Crippen LogP contribution in [0.25, 0.3) is 11.0 Å². The Hall–Kier alpha value is -1.93. The molecule has 0 saturated heterocycles. The Kier molecular flexibility index (Phi) is 2.35. The van der Waals surface area contributed by atoms with Crippen LogP contribution in [-0.2, 0) is 18.3 Å². The zero-order chi connectivity index (χ0) is 10.8. The maximum Gasteiger partial charge on any atom is 0.240 e. The van der Waals surface area contributed by atoms with Gasteiger partial charge in [-0.05, 0) is 18.2 Å². The van der Waals surface area contributed by atoms with Gasteiger partial charge >= 0.3 is 0 Å². The standard InChI is InChI=1S/C11H11N3O/c1-3-11-13-9-6-8(12-7-15)4-5-10(9)14(11)2/h4-6H,3H2,1-2H3. The third-order valence-corrected chi connectivity index (χ3v) is 2.45. The lowest BCUT2D eigenvalue weighted by Crippen LogP contribution is -1.94. The number of aliphatic imine (C=N–C) groups is 1. The molecule has 0 aliphatic rings. The van der Waals surface area contributed by atoms with E-state index in [1.165, 1.54) is 6.08 Å². The summed E-state index contributed by atoms with van der Waals surface area (Å²) >= 11 is 0. The molecule has 0 amide bonds. The summed E-state index contributed by atoms with van der Waals surface area (Å²) in [5.41, 5.74) is 2.51. The second kappa shape index (κ2) is 3.67. The summed E-state index contributed by atoms with van der Waals surface area (Å²) in [5, 5.41) is 0. The molecule has 0 fully saturated rings. The minimum atomic E-state index is 0.596. The molecule has 76 valence electrons. The molecule has 4 nitrogen and oxygen atoms in total. The Morgan fingerprint density at radius 2 is 2.33 bits per heavy atom. The number of carbonyl (C=O) groups excluding carboxylic acids is 1. The van der Waals surface area contributed by atoms with Gasteiger partial charge in [-0.2, -0.15) is 4.99 Å². The van der Waals surface area contributed by atoms with E-state index < -0.39 is 0 Å². The highest BCUT2D eigenvalue weighted by atomic mass is 16.1. The second-order valence-corrected chi connectivity index (χ2v) is 3.32. The fourth-order valence-electron chi connectivity index (χ4n) is 1.68. The number of aryl methyl sites for hydroxylation is 2. The van der Waals surface area contributed by atoms with E-state index in [0.29, 0.717) is 5.69 Å². The number of isocyanates is 1. The summed E-state index contributed by atoms with van der Waals surface area (Å²) in [5.74, 6) is 1.03. The molecule has 4 heteroatoms. The van der Waals surface area contributed by atoms with Crippen LogP contribution in [0.15, 0.2) is 23.2 Å². The summed E-state index contributed by atoms with van der Waals surface area (Å²) in [7, 11) is 1.98. The van der Waals surface area contributed by atoms with E-state index in [-0.39, 0.29) is 0 Å². The molecule has 2 rings (SSSR count). The quantitative estimate of drug-likeness (QED) is 0.551. The van der Waals surface area contributed by atoms with Gasteiger partial charge in [0.25, 0.3) is 0 Å². The Morgan fingerprint density at radius 1 is 1.53 bits per heavy atom. The number of hydrogen-bond acceptors (Lipinski definition) is 3. The van der Waals surface area contributed by atoms with Gasteiger partial charge < -0.3 is 4.57 Å². The number of aromatic nitrogens is 2. The normalized spacial score (nSPS) is 10.3. The zero-order valence-corrected chi connectivity index (χ0v) is 8.69. The largest absolute Gasteiger partial charge is 0.331 e. The molecular weight excluding hydrogens is 190 g/mol. The molecule has 0 radical (unpaired) electrons. The van der Waals surface area contributed by atoms with E-state index in [2.05, 4.69) is 16.9 Å². The Labute approximate surface area is 87.3 Å². The third kappa shape index (κ3) is 1.55. The first-order chi connectivity index (χ1) is 7.26. The Morgan fingerprint density at radius 3 is 3.00 bits per heavy atom. The first-order valence-corrected chi connectivity index (χ1v) is 4.79. The highest BCUT2D eigenvalue weighted by Gasteiger charge is 2.05. The van der Waals surface area contributed by atoms with Crippen LogP contribution in [0.3, 0.4) is 0 Å². The molecule has 1 aromatic carbocycles. The van der Waals surface area contributed by atoms with Gasteiger partial charge in [0, 0.05) is 13.5 Å². The fourth-order valence-corrected chi connectivity index (χ4v) is 1.68. The smallest absolute Gasteiger partial charge is 0.240 e. The van der Waals surface area contributed by atoms with Crippen LogP contribution >= 0.6 is 0 Å². The van der Waals surface area contributed by atoms with Crippen molar-refractivity contribution >= 4 is 22.8 Å². The molecule has 0 aliphatic carbocycles. The highest BCUT2D eigenvalue weighted by Crippen LogP contribution is 2.21. The van der Waals surface area contributed by atoms with E-state index in [1.807, 2.05) is 17.7 Å². The maximum absolute atomic E-state index is 10.1. The van der Waals surface area contributed by atoms with Gasteiger partial charge in [0.15, 0.2) is 0 Å². The Balaban J connectivity index is 2.67. The first-order valence-electron chi connectivity index (χ1n) is 4.79. The van der Waals surface area contributed by atoms with Crippen LogP contribution in [0, 0.1) is 0 Å². The van der Waals surface area contributed by atoms with Crippen LogP contribution in [0.2, 0.25) is 0 Å². The summed E-state index contributed by atoms with van der Waals surface area (Å²) in [6.07, 6.45) is 2.41. The van der Waals surface area contributed by atoms with Gasteiger partial charge in [-0.15, -0.1) is 0 Å². The molecular formula is C11H11N3O. The summed E-state index contributed by atoms with van der Waals surface area (Å²) in [4.78, 5) is 18.1. The zero-order valence-electron chi connectivity index (χ0n) is 8.69. The van der Waals surface area contributed by atoms with Crippen molar-refractivity contribution in [1.82, 2.24) is 9.55 Å². The van der Waals surface area contributed by atoms with Crippen molar-refractivity contribution in [3.8, 4) is 0 Å². The van der Waals surface area contributed by atoms with E-state index >= 15 is 0 Å².